The fourth-order valence-corrected chi connectivity index (χ4v) is 1.21. The van der Waals surface area contributed by atoms with E-state index >= 15 is 0 Å². The average Bonchev–Trinajstić information content (AvgIpc) is 2.06. The molecule has 0 spiro atoms. The zero-order chi connectivity index (χ0) is 7.68. The molecular weight excluding hydrogens is 138 g/mol. The molecule has 2 heteroatoms. The highest BCUT2D eigenvalue weighted by Gasteiger charge is 2.07. The number of benzene rings is 1. The summed E-state index contributed by atoms with van der Waals surface area (Å²) in [5.41, 5.74) is 2.45. The molecule has 11 heavy (non-hydrogen) atoms. The normalized spacial score (nSPS) is 13.9. The Balaban J connectivity index is 2.54. The third-order valence-corrected chi connectivity index (χ3v) is 1.87. The van der Waals surface area contributed by atoms with Gasteiger partial charge in [0.25, 0.3) is 0 Å². The highest BCUT2D eigenvalue weighted by atomic mass is 16.5. The van der Waals surface area contributed by atoms with Gasteiger partial charge in [-0.05, 0) is 18.6 Å². The van der Waals surface area contributed by atoms with Crippen molar-refractivity contribution in [3.05, 3.63) is 29.3 Å². The molecule has 0 saturated carbocycles. The van der Waals surface area contributed by atoms with E-state index in [-0.39, 0.29) is 0 Å². The molecule has 1 aromatic rings. The van der Waals surface area contributed by atoms with E-state index in [4.69, 9.17) is 4.74 Å². The number of ether oxygens (including phenoxy) is 1. The second-order valence-corrected chi connectivity index (χ2v) is 2.62. The van der Waals surface area contributed by atoms with Crippen LogP contribution >= 0.6 is 0 Å². The van der Waals surface area contributed by atoms with Crippen LogP contribution in [-0.2, 0) is 6.54 Å². The quantitative estimate of drug-likeness (QED) is 0.549. The molecule has 1 heterocycles. The topological polar surface area (TPSA) is 21.6 Å². The first-order chi connectivity index (χ1) is 5.38. The molecule has 2 rings (SSSR count). The zero-order valence-corrected chi connectivity index (χ0v) is 6.37. The van der Waals surface area contributed by atoms with Crippen LogP contribution < -0.4 is 4.74 Å². The Kier molecular flexibility index (Phi) is 1.39. The molecule has 0 aliphatic carbocycles. The van der Waals surface area contributed by atoms with Gasteiger partial charge in [-0.15, -0.1) is 0 Å². The fraction of sp³-hybridized carbons (Fsp3) is 0.222. The molecule has 0 radical (unpaired) electrons. The minimum Gasteiger partial charge on any atom is -0.446 e. The molecule has 0 fully saturated rings. The summed E-state index contributed by atoms with van der Waals surface area (Å²) in [6.45, 7) is 2.82. The van der Waals surface area contributed by atoms with Gasteiger partial charge in [0, 0.05) is 5.56 Å². The van der Waals surface area contributed by atoms with Gasteiger partial charge in [-0.3, -0.25) is 4.99 Å². The van der Waals surface area contributed by atoms with E-state index in [2.05, 4.69) is 18.0 Å². The summed E-state index contributed by atoms with van der Waals surface area (Å²) < 4.78 is 5.21. The minimum absolute atomic E-state index is 0.752. The molecule has 0 N–H and O–H groups in total. The van der Waals surface area contributed by atoms with Crippen molar-refractivity contribution in [3.8, 4) is 5.75 Å². The van der Waals surface area contributed by atoms with Crippen LogP contribution in [0.1, 0.15) is 11.1 Å². The summed E-state index contributed by atoms with van der Waals surface area (Å²) in [5, 5.41) is 0. The first kappa shape index (κ1) is 6.40. The van der Waals surface area contributed by atoms with E-state index in [1.807, 2.05) is 12.1 Å². The molecular formula is C9H9NO. The number of hydrogen-bond donors (Lipinski definition) is 0. The Morgan fingerprint density at radius 2 is 2.36 bits per heavy atom. The fourth-order valence-electron chi connectivity index (χ4n) is 1.21. The average molecular weight is 147 g/mol. The molecule has 1 aliphatic rings. The van der Waals surface area contributed by atoms with E-state index in [0.717, 1.165) is 12.3 Å². The van der Waals surface area contributed by atoms with Crippen molar-refractivity contribution in [1.29, 1.82) is 0 Å². The highest BCUT2D eigenvalue weighted by molar-refractivity contribution is 5.57. The van der Waals surface area contributed by atoms with E-state index in [1.54, 1.807) is 0 Å². The second kappa shape index (κ2) is 2.38. The molecule has 0 aromatic heterocycles. The molecule has 0 amide bonds. The second-order valence-electron chi connectivity index (χ2n) is 2.62. The maximum atomic E-state index is 5.21. The molecule has 0 atom stereocenters. The SMILES string of the molecule is Cc1cccc2c1CN=CO2. The number of rotatable bonds is 0. The molecule has 0 bridgehead atoms. The van der Waals surface area contributed by atoms with Gasteiger partial charge in [0.05, 0.1) is 6.54 Å². The number of hydrogen-bond acceptors (Lipinski definition) is 2. The Morgan fingerprint density at radius 1 is 1.45 bits per heavy atom. The first-order valence-electron chi connectivity index (χ1n) is 3.61. The van der Waals surface area contributed by atoms with Crippen molar-refractivity contribution in [1.82, 2.24) is 0 Å². The van der Waals surface area contributed by atoms with Crippen LogP contribution in [0.5, 0.6) is 5.75 Å². The van der Waals surface area contributed by atoms with Gasteiger partial charge < -0.3 is 4.74 Å². The lowest BCUT2D eigenvalue weighted by molar-refractivity contribution is 0.545. The van der Waals surface area contributed by atoms with Crippen LogP contribution in [0.3, 0.4) is 0 Å². The van der Waals surface area contributed by atoms with Gasteiger partial charge in [0.1, 0.15) is 5.75 Å². The summed E-state index contributed by atoms with van der Waals surface area (Å²) in [6, 6.07) is 6.03. The van der Waals surface area contributed by atoms with Gasteiger partial charge in [-0.1, -0.05) is 12.1 Å². The van der Waals surface area contributed by atoms with Crippen LogP contribution in [0.2, 0.25) is 0 Å². The van der Waals surface area contributed by atoms with Crippen molar-refractivity contribution in [2.45, 2.75) is 13.5 Å². The van der Waals surface area contributed by atoms with Crippen LogP contribution in [0.25, 0.3) is 0 Å². The van der Waals surface area contributed by atoms with Crippen LogP contribution in [-0.4, -0.2) is 6.40 Å². The third kappa shape index (κ3) is 1.00. The molecule has 56 valence electrons. The number of nitrogens with zero attached hydrogens (tertiary/aromatic N) is 1. The summed E-state index contributed by atoms with van der Waals surface area (Å²) >= 11 is 0. The van der Waals surface area contributed by atoms with Crippen LogP contribution in [0.4, 0.5) is 0 Å². The smallest absolute Gasteiger partial charge is 0.176 e. The minimum atomic E-state index is 0.752. The predicted octanol–water partition coefficient (Wildman–Crippen LogP) is 1.92. The highest BCUT2D eigenvalue weighted by Crippen LogP contribution is 2.24. The van der Waals surface area contributed by atoms with Crippen molar-refractivity contribution < 1.29 is 4.74 Å². The van der Waals surface area contributed by atoms with Crippen molar-refractivity contribution in [3.63, 3.8) is 0 Å². The predicted molar refractivity (Wildman–Crippen MR) is 44.0 cm³/mol. The maximum absolute atomic E-state index is 5.21. The van der Waals surface area contributed by atoms with Crippen molar-refractivity contribution >= 4 is 6.40 Å². The Hall–Kier alpha value is -1.31. The largest absolute Gasteiger partial charge is 0.446 e. The number of aliphatic imine (C=N–C) groups is 1. The lowest BCUT2D eigenvalue weighted by atomic mass is 10.1. The van der Waals surface area contributed by atoms with Crippen LogP contribution in [0, 0.1) is 6.92 Å². The number of fused-ring (bicyclic) bond motifs is 1. The van der Waals surface area contributed by atoms with E-state index in [9.17, 15) is 0 Å². The van der Waals surface area contributed by atoms with Gasteiger partial charge in [0.2, 0.25) is 0 Å². The standard InChI is InChI=1S/C9H9NO/c1-7-3-2-4-9-8(7)5-10-6-11-9/h2-4,6H,5H2,1H3. The summed E-state index contributed by atoms with van der Waals surface area (Å²) in [4.78, 5) is 4.03. The molecule has 0 saturated heterocycles. The van der Waals surface area contributed by atoms with Gasteiger partial charge in [-0.2, -0.15) is 0 Å². The monoisotopic (exact) mass is 147 g/mol. The molecule has 1 aliphatic heterocycles. The Bertz CT molecular complexity index is 304. The summed E-state index contributed by atoms with van der Waals surface area (Å²) in [6.07, 6.45) is 1.50. The Labute approximate surface area is 65.5 Å². The first-order valence-corrected chi connectivity index (χ1v) is 3.61. The van der Waals surface area contributed by atoms with Gasteiger partial charge in [-0.25, -0.2) is 0 Å². The lowest BCUT2D eigenvalue weighted by Gasteiger charge is -2.12. The van der Waals surface area contributed by atoms with Crippen molar-refractivity contribution in [2.24, 2.45) is 4.99 Å². The molecule has 2 nitrogen and oxygen atoms in total. The summed E-state index contributed by atoms with van der Waals surface area (Å²) in [5.74, 6) is 0.944. The maximum Gasteiger partial charge on any atom is 0.176 e. The third-order valence-electron chi connectivity index (χ3n) is 1.87. The van der Waals surface area contributed by atoms with E-state index < -0.39 is 0 Å². The molecule has 0 unspecified atom stereocenters. The van der Waals surface area contributed by atoms with Crippen LogP contribution in [0.15, 0.2) is 23.2 Å². The molecule has 1 aromatic carbocycles. The van der Waals surface area contributed by atoms with Gasteiger partial charge in [0.15, 0.2) is 6.40 Å². The van der Waals surface area contributed by atoms with Crippen molar-refractivity contribution in [2.75, 3.05) is 0 Å². The van der Waals surface area contributed by atoms with Gasteiger partial charge >= 0.3 is 0 Å². The lowest BCUT2D eigenvalue weighted by Crippen LogP contribution is -2.02. The number of aryl methyl sites for hydroxylation is 1. The zero-order valence-electron chi connectivity index (χ0n) is 6.37. The van der Waals surface area contributed by atoms with E-state index in [1.165, 1.54) is 17.5 Å². The summed E-state index contributed by atoms with van der Waals surface area (Å²) in [7, 11) is 0. The van der Waals surface area contributed by atoms with E-state index in [0.29, 0.717) is 0 Å². The Morgan fingerprint density at radius 3 is 3.18 bits per heavy atom.